The first kappa shape index (κ1) is 26.0. The molecule has 4 aliphatic rings. The molecule has 0 aliphatic heterocycles. The summed E-state index contributed by atoms with van der Waals surface area (Å²) in [7, 11) is 0. The quantitative estimate of drug-likeness (QED) is 0.358. The maximum atomic E-state index is 12.7. The molecule has 1 heterocycles. The van der Waals surface area contributed by atoms with Crippen molar-refractivity contribution in [2.45, 2.75) is 51.1 Å². The number of nitrogens with one attached hydrogen (secondary N) is 3. The molecule has 1 aromatic heterocycles. The molecule has 0 spiro atoms. The average Bonchev–Trinajstić information content (AvgIpc) is 2.85. The molecule has 2 aromatic rings. The third-order valence-corrected chi connectivity index (χ3v) is 8.06. The Hall–Kier alpha value is -3.59. The molecule has 0 amide bonds. The van der Waals surface area contributed by atoms with Gasteiger partial charge in [0.15, 0.2) is 0 Å². The monoisotopic (exact) mass is 530 g/mol. The Bertz CT molecular complexity index is 1220. The van der Waals surface area contributed by atoms with Crippen LogP contribution >= 0.6 is 0 Å². The fourth-order valence-corrected chi connectivity index (χ4v) is 6.95. The number of anilines is 2. The van der Waals surface area contributed by atoms with Gasteiger partial charge in [0.05, 0.1) is 12.7 Å². The molecule has 202 valence electrons. The SMILES string of the molecule is N#Cc1cnc(NCc2ccccc2OC(F)(F)F)nc1NC[C@]12CC3C[C@H](C1)[C@@H](NCC(=O)O)[C@@H](C3)C2. The predicted octanol–water partition coefficient (Wildman–Crippen LogP) is 4.14. The van der Waals surface area contributed by atoms with E-state index in [0.717, 1.165) is 32.1 Å². The molecular weight excluding hydrogens is 501 g/mol. The number of carbonyl (C=O) groups is 1. The number of aromatic nitrogens is 2. The smallest absolute Gasteiger partial charge is 0.480 e. The van der Waals surface area contributed by atoms with E-state index in [1.807, 2.05) is 0 Å². The molecule has 1 aromatic carbocycles. The van der Waals surface area contributed by atoms with Gasteiger partial charge in [0.25, 0.3) is 0 Å². The van der Waals surface area contributed by atoms with Crippen LogP contribution in [0, 0.1) is 34.5 Å². The highest BCUT2D eigenvalue weighted by Crippen LogP contribution is 2.60. The number of alkyl halides is 3. The number of nitriles is 1. The number of hydrogen-bond donors (Lipinski definition) is 4. The van der Waals surface area contributed by atoms with Gasteiger partial charge in [0.1, 0.15) is 23.2 Å². The number of rotatable bonds is 10. The summed E-state index contributed by atoms with van der Waals surface area (Å²) in [4.78, 5) is 19.7. The highest BCUT2D eigenvalue weighted by atomic mass is 19.4. The maximum absolute atomic E-state index is 12.7. The third kappa shape index (κ3) is 5.78. The van der Waals surface area contributed by atoms with Crippen LogP contribution in [0.15, 0.2) is 30.5 Å². The zero-order valence-corrected chi connectivity index (χ0v) is 20.6. The van der Waals surface area contributed by atoms with Crippen molar-refractivity contribution in [3.8, 4) is 11.8 Å². The van der Waals surface area contributed by atoms with Crippen LogP contribution in [0.25, 0.3) is 0 Å². The first-order valence-corrected chi connectivity index (χ1v) is 12.7. The molecule has 4 saturated carbocycles. The van der Waals surface area contributed by atoms with Crippen molar-refractivity contribution in [1.29, 1.82) is 5.26 Å². The average molecular weight is 531 g/mol. The van der Waals surface area contributed by atoms with Gasteiger partial charge in [0, 0.05) is 24.7 Å². The van der Waals surface area contributed by atoms with Crippen LogP contribution in [-0.4, -0.2) is 46.5 Å². The normalized spacial score (nSPS) is 27.5. The fourth-order valence-electron chi connectivity index (χ4n) is 6.95. The molecule has 9 nitrogen and oxygen atoms in total. The Morgan fingerprint density at radius 3 is 2.61 bits per heavy atom. The second-order valence-electron chi connectivity index (χ2n) is 10.7. The highest BCUT2D eigenvalue weighted by Gasteiger charge is 2.55. The van der Waals surface area contributed by atoms with E-state index in [9.17, 15) is 23.2 Å². The summed E-state index contributed by atoms with van der Waals surface area (Å²) in [5.41, 5.74) is 0.617. The summed E-state index contributed by atoms with van der Waals surface area (Å²) in [6.45, 7) is 0.607. The van der Waals surface area contributed by atoms with Crippen LogP contribution in [0.4, 0.5) is 24.9 Å². The molecule has 4 aliphatic carbocycles. The second-order valence-corrected chi connectivity index (χ2v) is 10.7. The molecule has 1 unspecified atom stereocenters. The summed E-state index contributed by atoms with van der Waals surface area (Å²) < 4.78 is 42.3. The molecule has 6 rings (SSSR count). The van der Waals surface area contributed by atoms with Crippen molar-refractivity contribution in [3.63, 3.8) is 0 Å². The molecule has 38 heavy (non-hydrogen) atoms. The van der Waals surface area contributed by atoms with E-state index in [2.05, 4.69) is 36.7 Å². The Morgan fingerprint density at radius 2 is 1.92 bits per heavy atom. The van der Waals surface area contributed by atoms with E-state index in [-0.39, 0.29) is 47.4 Å². The minimum atomic E-state index is -4.80. The minimum Gasteiger partial charge on any atom is -0.480 e. The highest BCUT2D eigenvalue weighted by molar-refractivity contribution is 5.69. The van der Waals surface area contributed by atoms with Crippen molar-refractivity contribution >= 4 is 17.7 Å². The van der Waals surface area contributed by atoms with Crippen LogP contribution in [0.1, 0.15) is 43.2 Å². The Kier molecular flexibility index (Phi) is 7.05. The molecule has 4 bridgehead atoms. The van der Waals surface area contributed by atoms with E-state index < -0.39 is 12.3 Å². The predicted molar refractivity (Wildman–Crippen MR) is 131 cm³/mol. The van der Waals surface area contributed by atoms with Gasteiger partial charge in [-0.05, 0) is 61.3 Å². The van der Waals surface area contributed by atoms with Crippen LogP contribution in [0.3, 0.4) is 0 Å². The van der Waals surface area contributed by atoms with Gasteiger partial charge in [-0.2, -0.15) is 10.2 Å². The fraction of sp³-hybridized carbons (Fsp3) is 0.538. The number of halogens is 3. The van der Waals surface area contributed by atoms with Crippen LogP contribution in [-0.2, 0) is 11.3 Å². The minimum absolute atomic E-state index is 0.00268. The standard InChI is InChI=1S/C26H29F3N6O3/c27-26(28,29)38-20-4-2-1-3-16(20)11-32-24-33-12-19(10-30)23(35-24)34-14-25-7-15-5-17(8-25)22(18(6-15)9-25)31-13-21(36)37/h1-4,12,15,17-18,22,31H,5-9,11,13-14H2,(H,36,37)(H2,32,33,34,35)/t15?,17-,18+,22-,25-. The lowest BCUT2D eigenvalue weighted by atomic mass is 9.48. The van der Waals surface area contributed by atoms with Crippen molar-refractivity contribution in [2.24, 2.45) is 23.2 Å². The number of carboxylic acids is 1. The van der Waals surface area contributed by atoms with Gasteiger partial charge in [0.2, 0.25) is 5.95 Å². The van der Waals surface area contributed by atoms with Gasteiger partial charge in [-0.15, -0.1) is 13.2 Å². The number of para-hydroxylation sites is 1. The first-order chi connectivity index (χ1) is 18.1. The zero-order chi connectivity index (χ0) is 26.9. The van der Waals surface area contributed by atoms with Gasteiger partial charge < -0.3 is 25.8 Å². The Balaban J connectivity index is 1.25. The Morgan fingerprint density at radius 1 is 1.18 bits per heavy atom. The molecule has 0 saturated heterocycles. The molecule has 12 heteroatoms. The zero-order valence-electron chi connectivity index (χ0n) is 20.6. The van der Waals surface area contributed by atoms with Crippen molar-refractivity contribution in [2.75, 3.05) is 23.7 Å². The number of benzene rings is 1. The van der Waals surface area contributed by atoms with Crippen LogP contribution in [0.2, 0.25) is 0 Å². The summed E-state index contributed by atoms with van der Waals surface area (Å²) in [5.74, 6) is 0.882. The Labute approximate surface area is 217 Å². The van der Waals surface area contributed by atoms with E-state index in [4.69, 9.17) is 5.11 Å². The van der Waals surface area contributed by atoms with E-state index in [0.29, 0.717) is 30.1 Å². The first-order valence-electron chi connectivity index (χ1n) is 12.7. The third-order valence-electron chi connectivity index (χ3n) is 8.06. The van der Waals surface area contributed by atoms with Gasteiger partial charge in [-0.3, -0.25) is 4.79 Å². The number of nitrogens with zero attached hydrogens (tertiary/aromatic N) is 3. The van der Waals surface area contributed by atoms with Crippen LogP contribution < -0.4 is 20.7 Å². The summed E-state index contributed by atoms with van der Waals surface area (Å²) in [5, 5.41) is 28.2. The topological polar surface area (TPSA) is 132 Å². The van der Waals surface area contributed by atoms with E-state index in [1.54, 1.807) is 6.07 Å². The summed E-state index contributed by atoms with van der Waals surface area (Å²) in [6.07, 6.45) is 1.87. The van der Waals surface area contributed by atoms with Gasteiger partial charge in [-0.25, -0.2) is 4.98 Å². The molecule has 0 radical (unpaired) electrons. The van der Waals surface area contributed by atoms with Crippen molar-refractivity contribution in [3.05, 3.63) is 41.6 Å². The van der Waals surface area contributed by atoms with Crippen molar-refractivity contribution in [1.82, 2.24) is 15.3 Å². The van der Waals surface area contributed by atoms with Crippen molar-refractivity contribution < 1.29 is 27.8 Å². The number of ether oxygens (including phenoxy) is 1. The summed E-state index contributed by atoms with van der Waals surface area (Å²) >= 11 is 0. The number of hydrogen-bond acceptors (Lipinski definition) is 8. The lowest BCUT2D eigenvalue weighted by Crippen LogP contribution is -2.60. The number of aliphatic carboxylic acids is 1. The van der Waals surface area contributed by atoms with Gasteiger partial charge >= 0.3 is 12.3 Å². The second kappa shape index (κ2) is 10.3. The lowest BCUT2D eigenvalue weighted by Gasteiger charge is -2.60. The lowest BCUT2D eigenvalue weighted by molar-refractivity contribution is -0.274. The van der Waals surface area contributed by atoms with E-state index in [1.165, 1.54) is 24.4 Å². The maximum Gasteiger partial charge on any atom is 0.573 e. The number of carboxylic acid groups (broad SMARTS) is 1. The molecule has 4 fully saturated rings. The molecular formula is C26H29F3N6O3. The van der Waals surface area contributed by atoms with Gasteiger partial charge in [-0.1, -0.05) is 18.2 Å². The van der Waals surface area contributed by atoms with Crippen LogP contribution in [0.5, 0.6) is 5.75 Å². The van der Waals surface area contributed by atoms with E-state index >= 15 is 0 Å². The molecule has 4 N–H and O–H groups in total. The molecule has 5 atom stereocenters. The summed E-state index contributed by atoms with van der Waals surface area (Å²) in [6, 6.07) is 8.15. The largest absolute Gasteiger partial charge is 0.573 e.